The first kappa shape index (κ1) is 18.0. The predicted molar refractivity (Wildman–Crippen MR) is 104 cm³/mol. The van der Waals surface area contributed by atoms with E-state index in [1.54, 1.807) is 0 Å². The molecule has 1 saturated heterocycles. The summed E-state index contributed by atoms with van der Waals surface area (Å²) in [5, 5.41) is 3.03. The van der Waals surface area contributed by atoms with Gasteiger partial charge in [0.2, 0.25) is 5.91 Å². The lowest BCUT2D eigenvalue weighted by Gasteiger charge is -2.36. The van der Waals surface area contributed by atoms with Gasteiger partial charge in [-0.1, -0.05) is 48.5 Å². The van der Waals surface area contributed by atoms with E-state index in [1.165, 1.54) is 5.56 Å². The second-order valence-corrected chi connectivity index (χ2v) is 7.40. The largest absolute Gasteiger partial charge is 0.488 e. The van der Waals surface area contributed by atoms with E-state index < -0.39 is 0 Å². The van der Waals surface area contributed by atoms with Gasteiger partial charge in [0.05, 0.1) is 25.3 Å². The van der Waals surface area contributed by atoms with Gasteiger partial charge in [-0.3, -0.25) is 9.69 Å². The SMILES string of the molecule is CC1CN(CC(=O)NCC2Cc3ccccc3O2)CC(c2ccccc2)O1. The number of rotatable bonds is 5. The fourth-order valence-electron chi connectivity index (χ4n) is 3.87. The van der Waals surface area contributed by atoms with Gasteiger partial charge in [0.1, 0.15) is 11.9 Å². The third kappa shape index (κ3) is 4.49. The summed E-state index contributed by atoms with van der Waals surface area (Å²) in [4.78, 5) is 14.6. The Morgan fingerprint density at radius 1 is 1.11 bits per heavy atom. The number of hydrogen-bond acceptors (Lipinski definition) is 4. The van der Waals surface area contributed by atoms with Crippen LogP contribution in [0.5, 0.6) is 5.75 Å². The Labute approximate surface area is 160 Å². The van der Waals surface area contributed by atoms with E-state index in [0.717, 1.165) is 30.8 Å². The van der Waals surface area contributed by atoms with E-state index in [1.807, 2.05) is 36.4 Å². The highest BCUT2D eigenvalue weighted by Crippen LogP contribution is 2.28. The molecule has 27 heavy (non-hydrogen) atoms. The first-order valence-corrected chi connectivity index (χ1v) is 9.61. The van der Waals surface area contributed by atoms with Crippen molar-refractivity contribution in [1.29, 1.82) is 0 Å². The number of para-hydroxylation sites is 1. The molecule has 2 aliphatic heterocycles. The molecule has 1 N–H and O–H groups in total. The summed E-state index contributed by atoms with van der Waals surface area (Å²) >= 11 is 0. The number of amides is 1. The van der Waals surface area contributed by atoms with Gasteiger partial charge in [0, 0.05) is 19.5 Å². The summed E-state index contributed by atoms with van der Waals surface area (Å²) in [7, 11) is 0. The van der Waals surface area contributed by atoms with Crippen molar-refractivity contribution < 1.29 is 14.3 Å². The molecule has 2 heterocycles. The van der Waals surface area contributed by atoms with E-state index >= 15 is 0 Å². The molecule has 1 amide bonds. The summed E-state index contributed by atoms with van der Waals surface area (Å²) in [6, 6.07) is 18.3. The van der Waals surface area contributed by atoms with Gasteiger partial charge in [-0.2, -0.15) is 0 Å². The van der Waals surface area contributed by atoms with E-state index in [2.05, 4.69) is 35.3 Å². The Morgan fingerprint density at radius 3 is 2.70 bits per heavy atom. The van der Waals surface area contributed by atoms with Crippen molar-refractivity contribution in [3.05, 3.63) is 65.7 Å². The van der Waals surface area contributed by atoms with Crippen LogP contribution in [-0.4, -0.2) is 49.2 Å². The fourth-order valence-corrected chi connectivity index (χ4v) is 3.87. The van der Waals surface area contributed by atoms with Gasteiger partial charge >= 0.3 is 0 Å². The predicted octanol–water partition coefficient (Wildman–Crippen LogP) is 2.57. The number of carbonyl (C=O) groups is 1. The molecule has 3 unspecified atom stereocenters. The molecule has 1 fully saturated rings. The van der Waals surface area contributed by atoms with Gasteiger partial charge < -0.3 is 14.8 Å². The van der Waals surface area contributed by atoms with Crippen molar-refractivity contribution in [3.8, 4) is 5.75 Å². The zero-order valence-corrected chi connectivity index (χ0v) is 15.6. The Bertz CT molecular complexity index is 755. The Hall–Kier alpha value is -2.37. The van der Waals surface area contributed by atoms with Crippen LogP contribution in [-0.2, 0) is 16.0 Å². The number of fused-ring (bicyclic) bond motifs is 1. The highest BCUT2D eigenvalue weighted by Gasteiger charge is 2.28. The molecule has 0 saturated carbocycles. The summed E-state index contributed by atoms with van der Waals surface area (Å²) in [5.74, 6) is 0.972. The Morgan fingerprint density at radius 2 is 1.89 bits per heavy atom. The topological polar surface area (TPSA) is 50.8 Å². The molecule has 0 aliphatic carbocycles. The first-order valence-electron chi connectivity index (χ1n) is 9.61. The maximum Gasteiger partial charge on any atom is 0.234 e. The van der Waals surface area contributed by atoms with Crippen molar-refractivity contribution in [2.24, 2.45) is 0 Å². The molecule has 0 spiro atoms. The molecule has 0 radical (unpaired) electrons. The zero-order valence-electron chi connectivity index (χ0n) is 15.6. The third-order valence-electron chi connectivity index (χ3n) is 5.12. The second-order valence-electron chi connectivity index (χ2n) is 7.40. The summed E-state index contributed by atoms with van der Waals surface area (Å²) in [6.45, 7) is 4.48. The van der Waals surface area contributed by atoms with Crippen molar-refractivity contribution >= 4 is 5.91 Å². The van der Waals surface area contributed by atoms with Gasteiger partial charge in [0.25, 0.3) is 0 Å². The number of hydrogen-bond donors (Lipinski definition) is 1. The molecule has 142 valence electrons. The van der Waals surface area contributed by atoms with Crippen LogP contribution in [0.2, 0.25) is 0 Å². The minimum Gasteiger partial charge on any atom is -0.488 e. The number of ether oxygens (including phenoxy) is 2. The zero-order chi connectivity index (χ0) is 18.6. The van der Waals surface area contributed by atoms with E-state index in [-0.39, 0.29) is 24.2 Å². The Balaban J connectivity index is 1.27. The number of benzene rings is 2. The number of morpholine rings is 1. The molecule has 0 aromatic heterocycles. The third-order valence-corrected chi connectivity index (χ3v) is 5.12. The standard InChI is InChI=1S/C22H26N2O3/c1-16-13-24(14-21(26-16)17-7-3-2-4-8-17)15-22(25)23-12-19-11-18-9-5-6-10-20(18)27-19/h2-10,16,19,21H,11-15H2,1H3,(H,23,25). The maximum absolute atomic E-state index is 12.4. The monoisotopic (exact) mass is 366 g/mol. The van der Waals surface area contributed by atoms with Crippen LogP contribution >= 0.6 is 0 Å². The molecule has 2 aromatic carbocycles. The lowest BCUT2D eigenvalue weighted by molar-refractivity contribution is -0.127. The number of carbonyl (C=O) groups excluding carboxylic acids is 1. The van der Waals surface area contributed by atoms with Crippen LogP contribution in [0.1, 0.15) is 24.2 Å². The molecule has 5 heteroatoms. The molecular formula is C22H26N2O3. The fraction of sp³-hybridized carbons (Fsp3) is 0.409. The smallest absolute Gasteiger partial charge is 0.234 e. The van der Waals surface area contributed by atoms with Gasteiger partial charge in [-0.25, -0.2) is 0 Å². The van der Waals surface area contributed by atoms with E-state index in [4.69, 9.17) is 9.47 Å². The van der Waals surface area contributed by atoms with Gasteiger partial charge in [0.15, 0.2) is 0 Å². The van der Waals surface area contributed by atoms with Crippen molar-refractivity contribution in [2.45, 2.75) is 31.7 Å². The normalized spacial score (nSPS) is 24.9. The highest BCUT2D eigenvalue weighted by atomic mass is 16.5. The van der Waals surface area contributed by atoms with Crippen LogP contribution in [0.4, 0.5) is 0 Å². The summed E-state index contributed by atoms with van der Waals surface area (Å²) in [5.41, 5.74) is 2.37. The average molecular weight is 366 g/mol. The minimum absolute atomic E-state index is 0.00964. The van der Waals surface area contributed by atoms with Gasteiger partial charge in [-0.05, 0) is 24.1 Å². The quantitative estimate of drug-likeness (QED) is 0.884. The van der Waals surface area contributed by atoms with Crippen molar-refractivity contribution in [1.82, 2.24) is 10.2 Å². The molecular weight excluding hydrogens is 340 g/mol. The Kier molecular flexibility index (Phi) is 5.41. The first-order chi connectivity index (χ1) is 13.2. The lowest BCUT2D eigenvalue weighted by Crippen LogP contribution is -2.48. The number of nitrogens with zero attached hydrogens (tertiary/aromatic N) is 1. The average Bonchev–Trinajstić information content (AvgIpc) is 3.10. The van der Waals surface area contributed by atoms with Crippen molar-refractivity contribution in [3.63, 3.8) is 0 Å². The van der Waals surface area contributed by atoms with Crippen molar-refractivity contribution in [2.75, 3.05) is 26.2 Å². The van der Waals surface area contributed by atoms with Crippen LogP contribution in [0.3, 0.4) is 0 Å². The molecule has 3 atom stereocenters. The van der Waals surface area contributed by atoms with E-state index in [9.17, 15) is 4.79 Å². The molecule has 2 aliphatic rings. The summed E-state index contributed by atoms with van der Waals surface area (Å²) in [6.07, 6.45) is 0.980. The van der Waals surface area contributed by atoms with Crippen LogP contribution in [0, 0.1) is 0 Å². The van der Waals surface area contributed by atoms with Crippen LogP contribution < -0.4 is 10.1 Å². The molecule has 2 aromatic rings. The highest BCUT2D eigenvalue weighted by molar-refractivity contribution is 5.78. The van der Waals surface area contributed by atoms with Crippen LogP contribution in [0.15, 0.2) is 54.6 Å². The molecule has 4 rings (SSSR count). The maximum atomic E-state index is 12.4. The van der Waals surface area contributed by atoms with E-state index in [0.29, 0.717) is 13.1 Å². The molecule has 5 nitrogen and oxygen atoms in total. The summed E-state index contributed by atoms with van der Waals surface area (Å²) < 4.78 is 12.0. The van der Waals surface area contributed by atoms with Crippen LogP contribution in [0.25, 0.3) is 0 Å². The number of nitrogens with one attached hydrogen (secondary N) is 1. The lowest BCUT2D eigenvalue weighted by atomic mass is 10.1. The minimum atomic E-state index is 0.00964. The van der Waals surface area contributed by atoms with Gasteiger partial charge in [-0.15, -0.1) is 0 Å². The molecule has 0 bridgehead atoms. The second kappa shape index (κ2) is 8.11.